The Hall–Kier alpha value is -4.08. The number of amides is 3. The molecule has 2 unspecified atom stereocenters. The van der Waals surface area contributed by atoms with Crippen LogP contribution in [0.25, 0.3) is 11.4 Å². The number of nitrogens with zero attached hydrogens (tertiary/aromatic N) is 5. The summed E-state index contributed by atoms with van der Waals surface area (Å²) in [5, 5.41) is 12.6. The van der Waals surface area contributed by atoms with Crippen LogP contribution in [0.3, 0.4) is 0 Å². The van der Waals surface area contributed by atoms with E-state index in [9.17, 15) is 14.4 Å². The van der Waals surface area contributed by atoms with Gasteiger partial charge >= 0.3 is 0 Å². The van der Waals surface area contributed by atoms with Crippen molar-refractivity contribution in [1.29, 1.82) is 0 Å². The third kappa shape index (κ3) is 6.12. The second-order valence-electron chi connectivity index (χ2n) is 9.08. The summed E-state index contributed by atoms with van der Waals surface area (Å²) in [5.41, 5.74) is 7.20. The van der Waals surface area contributed by atoms with Gasteiger partial charge in [0.15, 0.2) is 0 Å². The Balaban J connectivity index is 1.27. The number of hydrogen-bond donors (Lipinski definition) is 2. The lowest BCUT2D eigenvalue weighted by Gasteiger charge is -2.33. The van der Waals surface area contributed by atoms with Gasteiger partial charge in [-0.2, -0.15) is 4.80 Å². The van der Waals surface area contributed by atoms with Gasteiger partial charge in [0.1, 0.15) is 0 Å². The molecule has 1 aliphatic rings. The summed E-state index contributed by atoms with van der Waals surface area (Å²) in [5.74, 6) is -0.466. The van der Waals surface area contributed by atoms with Gasteiger partial charge in [-0.1, -0.05) is 56.3 Å². The molecule has 0 aliphatic carbocycles. The number of carbonyl (C=O) groups excluding carboxylic acids is 3. The average molecular weight is 490 g/mol. The molecule has 2 heterocycles. The van der Waals surface area contributed by atoms with Gasteiger partial charge in [0.25, 0.3) is 5.91 Å². The van der Waals surface area contributed by atoms with Crippen LogP contribution in [0, 0.1) is 11.8 Å². The normalized spacial score (nSPS) is 16.3. The fourth-order valence-corrected chi connectivity index (χ4v) is 4.11. The monoisotopic (exact) mass is 489 g/mol. The number of rotatable bonds is 7. The van der Waals surface area contributed by atoms with Crippen molar-refractivity contribution in [3.63, 3.8) is 0 Å². The Kier molecular flexibility index (Phi) is 8.04. The van der Waals surface area contributed by atoms with Gasteiger partial charge in [-0.3, -0.25) is 25.2 Å². The van der Waals surface area contributed by atoms with Gasteiger partial charge in [-0.05, 0) is 42.2 Å². The number of aromatic nitrogens is 4. The molecule has 4 rings (SSSR count). The lowest BCUT2D eigenvalue weighted by molar-refractivity contribution is -0.139. The van der Waals surface area contributed by atoms with Gasteiger partial charge in [0.05, 0.1) is 12.5 Å². The van der Waals surface area contributed by atoms with E-state index >= 15 is 0 Å². The standard InChI is InChI=1S/C26H31N7O3/c1-3-18(2)26(36)32-15-7-10-22(17-32)25(35)29-28-24(34)21-13-11-19(12-14-21)16-33-30-23(27-31-33)20-8-5-4-6-9-20/h4-6,8-9,11-14,18,22H,3,7,10,15-17H2,1-2H3,(H,28,34)(H,29,35). The van der Waals surface area contributed by atoms with Crippen molar-refractivity contribution in [3.8, 4) is 11.4 Å². The van der Waals surface area contributed by atoms with Crippen molar-refractivity contribution in [3.05, 3.63) is 65.7 Å². The Morgan fingerprint density at radius 3 is 2.53 bits per heavy atom. The Bertz CT molecular complexity index is 1190. The van der Waals surface area contributed by atoms with Gasteiger partial charge < -0.3 is 4.90 Å². The first kappa shape index (κ1) is 25.0. The lowest BCUT2D eigenvalue weighted by Crippen LogP contribution is -2.50. The van der Waals surface area contributed by atoms with E-state index in [1.165, 1.54) is 4.80 Å². The van der Waals surface area contributed by atoms with Crippen molar-refractivity contribution in [2.75, 3.05) is 13.1 Å². The molecule has 0 saturated carbocycles. The summed E-state index contributed by atoms with van der Waals surface area (Å²) in [4.78, 5) is 40.9. The number of piperidine rings is 1. The van der Waals surface area contributed by atoms with Crippen LogP contribution in [0.15, 0.2) is 54.6 Å². The van der Waals surface area contributed by atoms with Gasteiger partial charge in [-0.25, -0.2) is 0 Å². The maximum atomic E-state index is 12.6. The highest BCUT2D eigenvalue weighted by Crippen LogP contribution is 2.19. The van der Waals surface area contributed by atoms with E-state index in [2.05, 4.69) is 26.3 Å². The van der Waals surface area contributed by atoms with Crippen molar-refractivity contribution in [2.24, 2.45) is 11.8 Å². The third-order valence-corrected chi connectivity index (χ3v) is 6.46. The second-order valence-corrected chi connectivity index (χ2v) is 9.08. The smallest absolute Gasteiger partial charge is 0.269 e. The number of hydrazine groups is 1. The number of benzene rings is 2. The molecule has 1 saturated heterocycles. The topological polar surface area (TPSA) is 122 Å². The van der Waals surface area contributed by atoms with E-state index in [0.717, 1.165) is 24.0 Å². The first-order valence-electron chi connectivity index (χ1n) is 12.3. The SMILES string of the molecule is CCC(C)C(=O)N1CCCC(C(=O)NNC(=O)c2ccc(Cn3nnc(-c4ccccc4)n3)cc2)C1. The Labute approximate surface area is 210 Å². The van der Waals surface area contributed by atoms with Crippen LogP contribution in [0.5, 0.6) is 0 Å². The van der Waals surface area contributed by atoms with Crippen LogP contribution in [0.4, 0.5) is 0 Å². The molecule has 10 heteroatoms. The molecule has 3 amide bonds. The van der Waals surface area contributed by atoms with E-state index in [-0.39, 0.29) is 23.7 Å². The lowest BCUT2D eigenvalue weighted by atomic mass is 9.95. The maximum Gasteiger partial charge on any atom is 0.269 e. The second kappa shape index (κ2) is 11.6. The minimum absolute atomic E-state index is 0.0549. The number of carbonyl (C=O) groups is 3. The van der Waals surface area contributed by atoms with E-state index in [1.807, 2.05) is 56.3 Å². The minimum Gasteiger partial charge on any atom is -0.342 e. The average Bonchev–Trinajstić information content (AvgIpc) is 3.40. The van der Waals surface area contributed by atoms with Crippen LogP contribution in [0.2, 0.25) is 0 Å². The zero-order chi connectivity index (χ0) is 25.5. The number of nitrogens with one attached hydrogen (secondary N) is 2. The predicted octanol–water partition coefficient (Wildman–Crippen LogP) is 2.43. The Morgan fingerprint density at radius 1 is 1.06 bits per heavy atom. The molecule has 2 aromatic carbocycles. The highest BCUT2D eigenvalue weighted by Gasteiger charge is 2.30. The molecule has 2 atom stereocenters. The molecule has 188 valence electrons. The molecule has 36 heavy (non-hydrogen) atoms. The molecule has 3 aromatic rings. The number of tetrazole rings is 1. The first-order valence-corrected chi connectivity index (χ1v) is 12.3. The summed E-state index contributed by atoms with van der Waals surface area (Å²) >= 11 is 0. The van der Waals surface area contributed by atoms with Crippen molar-refractivity contribution in [1.82, 2.24) is 36.0 Å². The van der Waals surface area contributed by atoms with Crippen LogP contribution in [-0.2, 0) is 16.1 Å². The van der Waals surface area contributed by atoms with E-state index in [0.29, 0.717) is 37.4 Å². The summed E-state index contributed by atoms with van der Waals surface area (Å²) in [6, 6.07) is 16.6. The summed E-state index contributed by atoms with van der Waals surface area (Å²) in [6.45, 7) is 5.34. The molecule has 1 aliphatic heterocycles. The molecule has 0 spiro atoms. The van der Waals surface area contributed by atoms with Crippen LogP contribution >= 0.6 is 0 Å². The minimum atomic E-state index is -0.413. The van der Waals surface area contributed by atoms with Crippen molar-refractivity contribution >= 4 is 17.7 Å². The van der Waals surface area contributed by atoms with Crippen LogP contribution in [-0.4, -0.2) is 55.9 Å². The Morgan fingerprint density at radius 2 is 1.81 bits per heavy atom. The zero-order valence-corrected chi connectivity index (χ0v) is 20.6. The highest BCUT2D eigenvalue weighted by atomic mass is 16.2. The molecule has 0 radical (unpaired) electrons. The molecule has 1 aromatic heterocycles. The van der Waals surface area contributed by atoms with Crippen molar-refractivity contribution in [2.45, 2.75) is 39.7 Å². The number of hydrogen-bond acceptors (Lipinski definition) is 6. The molecule has 1 fully saturated rings. The van der Waals surface area contributed by atoms with Gasteiger partial charge in [-0.15, -0.1) is 10.2 Å². The zero-order valence-electron chi connectivity index (χ0n) is 20.6. The summed E-state index contributed by atoms with van der Waals surface area (Å²) in [6.07, 6.45) is 2.22. The molecule has 10 nitrogen and oxygen atoms in total. The van der Waals surface area contributed by atoms with Crippen molar-refractivity contribution < 1.29 is 14.4 Å². The fraction of sp³-hybridized carbons (Fsp3) is 0.385. The third-order valence-electron chi connectivity index (χ3n) is 6.46. The van der Waals surface area contributed by atoms with E-state index in [4.69, 9.17) is 0 Å². The molecule has 0 bridgehead atoms. The van der Waals surface area contributed by atoms with Gasteiger partial charge in [0, 0.05) is 30.1 Å². The summed E-state index contributed by atoms with van der Waals surface area (Å²) < 4.78 is 0. The first-order chi connectivity index (χ1) is 17.4. The van der Waals surface area contributed by atoms with E-state index < -0.39 is 5.91 Å². The fourth-order valence-electron chi connectivity index (χ4n) is 4.11. The molecular formula is C26H31N7O3. The molecular weight excluding hydrogens is 458 g/mol. The maximum absolute atomic E-state index is 12.6. The quantitative estimate of drug-likeness (QED) is 0.492. The number of likely N-dealkylation sites (tertiary alicyclic amines) is 1. The van der Waals surface area contributed by atoms with Crippen LogP contribution in [0.1, 0.15) is 49.0 Å². The molecule has 2 N–H and O–H groups in total. The highest BCUT2D eigenvalue weighted by molar-refractivity contribution is 5.95. The summed E-state index contributed by atoms with van der Waals surface area (Å²) in [7, 11) is 0. The largest absolute Gasteiger partial charge is 0.342 e. The van der Waals surface area contributed by atoms with Gasteiger partial charge in [0.2, 0.25) is 17.6 Å². The predicted molar refractivity (Wildman–Crippen MR) is 133 cm³/mol. The van der Waals surface area contributed by atoms with E-state index in [1.54, 1.807) is 17.0 Å². The van der Waals surface area contributed by atoms with Crippen LogP contribution < -0.4 is 10.9 Å².